The molecule has 2 N–H and O–H groups in total. The van der Waals surface area contributed by atoms with Crippen molar-refractivity contribution in [3.63, 3.8) is 0 Å². The van der Waals surface area contributed by atoms with E-state index in [2.05, 4.69) is 10.3 Å². The monoisotopic (exact) mass is 239 g/mol. The largest absolute Gasteiger partial charge is 0.506 e. The van der Waals surface area contributed by atoms with E-state index in [-0.39, 0.29) is 17.1 Å². The predicted molar refractivity (Wildman–Crippen MR) is 55.0 cm³/mol. The number of aromatic carboxylic acids is 1. The Morgan fingerprint density at radius 2 is 2.19 bits per heavy atom. The zero-order chi connectivity index (χ0) is 11.7. The van der Waals surface area contributed by atoms with Crippen LogP contribution in [0.5, 0.6) is 5.75 Å². The third-order valence-electron chi connectivity index (χ3n) is 1.90. The molecule has 0 saturated heterocycles. The lowest BCUT2D eigenvalue weighted by Crippen LogP contribution is -1.96. The van der Waals surface area contributed by atoms with Crippen molar-refractivity contribution in [2.45, 2.75) is 0 Å². The summed E-state index contributed by atoms with van der Waals surface area (Å²) in [6, 6.07) is 4.35. The minimum Gasteiger partial charge on any atom is -0.506 e. The molecule has 0 radical (unpaired) electrons. The fourth-order valence-corrected chi connectivity index (χ4v) is 1.33. The Morgan fingerprint density at radius 1 is 1.44 bits per heavy atom. The summed E-state index contributed by atoms with van der Waals surface area (Å²) in [7, 11) is 0. The molecule has 0 unspecified atom stereocenters. The van der Waals surface area contributed by atoms with Crippen LogP contribution in [0.2, 0.25) is 5.02 Å². The van der Waals surface area contributed by atoms with Crippen molar-refractivity contribution in [2.75, 3.05) is 0 Å². The van der Waals surface area contributed by atoms with Gasteiger partial charge in [0.1, 0.15) is 11.4 Å². The van der Waals surface area contributed by atoms with Gasteiger partial charge in [-0.05, 0) is 18.2 Å². The first-order chi connectivity index (χ1) is 7.58. The Balaban J connectivity index is 2.50. The minimum absolute atomic E-state index is 0.0637. The molecule has 16 heavy (non-hydrogen) atoms. The van der Waals surface area contributed by atoms with Crippen LogP contribution >= 0.6 is 11.6 Å². The van der Waals surface area contributed by atoms with Crippen molar-refractivity contribution in [2.24, 2.45) is 0 Å². The van der Waals surface area contributed by atoms with Crippen LogP contribution in [0.25, 0.3) is 5.69 Å². The van der Waals surface area contributed by atoms with Crippen LogP contribution in [0, 0.1) is 0 Å². The lowest BCUT2D eigenvalue weighted by atomic mass is 10.3. The summed E-state index contributed by atoms with van der Waals surface area (Å²) in [5.74, 6) is -1.25. The summed E-state index contributed by atoms with van der Waals surface area (Å²) in [6.45, 7) is 0. The van der Waals surface area contributed by atoms with Gasteiger partial charge in [0.25, 0.3) is 0 Å². The van der Waals surface area contributed by atoms with Crippen LogP contribution in [0.1, 0.15) is 10.5 Å². The maximum Gasteiger partial charge on any atom is 0.358 e. The molecular weight excluding hydrogens is 234 g/mol. The summed E-state index contributed by atoms with van der Waals surface area (Å²) in [5, 5.41) is 25.6. The molecule has 0 aliphatic rings. The first kappa shape index (κ1) is 10.4. The van der Waals surface area contributed by atoms with E-state index in [0.29, 0.717) is 5.02 Å². The van der Waals surface area contributed by atoms with Gasteiger partial charge in [0.2, 0.25) is 0 Å². The lowest BCUT2D eigenvalue weighted by molar-refractivity contribution is 0.0690. The van der Waals surface area contributed by atoms with Crippen LogP contribution in [-0.2, 0) is 0 Å². The second kappa shape index (κ2) is 3.82. The minimum atomic E-state index is -1.19. The lowest BCUT2D eigenvalue weighted by Gasteiger charge is -2.03. The standard InChI is InChI=1S/C9H6ClN3O3/c10-5-1-2-8(14)7(3-5)13-4-6(9(15)16)11-12-13/h1-4,14H,(H,15,16). The van der Waals surface area contributed by atoms with E-state index in [1.807, 2.05) is 0 Å². The zero-order valence-corrected chi connectivity index (χ0v) is 8.59. The van der Waals surface area contributed by atoms with Gasteiger partial charge in [-0.25, -0.2) is 9.48 Å². The van der Waals surface area contributed by atoms with Crippen LogP contribution in [-0.4, -0.2) is 31.2 Å². The number of hydrogen-bond acceptors (Lipinski definition) is 4. The van der Waals surface area contributed by atoms with Gasteiger partial charge in [0.05, 0.1) is 6.20 Å². The highest BCUT2D eigenvalue weighted by Gasteiger charge is 2.11. The molecule has 0 aliphatic carbocycles. The number of aromatic hydroxyl groups is 1. The third kappa shape index (κ3) is 1.82. The maximum absolute atomic E-state index is 10.6. The van der Waals surface area contributed by atoms with E-state index < -0.39 is 5.97 Å². The fraction of sp³-hybridized carbons (Fsp3) is 0. The Hall–Kier alpha value is -2.08. The number of rotatable bonds is 2. The number of aromatic nitrogens is 3. The average Bonchev–Trinajstić information content (AvgIpc) is 2.70. The molecule has 0 amide bonds. The van der Waals surface area contributed by atoms with E-state index in [4.69, 9.17) is 16.7 Å². The second-order valence-corrected chi connectivity index (χ2v) is 3.42. The molecule has 2 rings (SSSR count). The highest BCUT2D eigenvalue weighted by Crippen LogP contribution is 2.24. The van der Waals surface area contributed by atoms with Gasteiger partial charge >= 0.3 is 5.97 Å². The molecular formula is C9H6ClN3O3. The van der Waals surface area contributed by atoms with Gasteiger partial charge in [0.15, 0.2) is 5.69 Å². The van der Waals surface area contributed by atoms with Crippen LogP contribution in [0.15, 0.2) is 24.4 Å². The van der Waals surface area contributed by atoms with Crippen molar-refractivity contribution in [3.8, 4) is 11.4 Å². The third-order valence-corrected chi connectivity index (χ3v) is 2.13. The number of benzene rings is 1. The molecule has 1 heterocycles. The van der Waals surface area contributed by atoms with Crippen molar-refractivity contribution in [1.29, 1.82) is 0 Å². The predicted octanol–water partition coefficient (Wildman–Crippen LogP) is 1.32. The number of carboxylic acids is 1. The van der Waals surface area contributed by atoms with Gasteiger partial charge < -0.3 is 10.2 Å². The van der Waals surface area contributed by atoms with Gasteiger partial charge in [-0.3, -0.25) is 0 Å². The van der Waals surface area contributed by atoms with Gasteiger partial charge in [-0.2, -0.15) is 0 Å². The maximum atomic E-state index is 10.6. The molecule has 0 aliphatic heterocycles. The summed E-state index contributed by atoms with van der Waals surface area (Å²) in [4.78, 5) is 10.6. The first-order valence-corrected chi connectivity index (χ1v) is 4.60. The molecule has 82 valence electrons. The average molecular weight is 240 g/mol. The second-order valence-electron chi connectivity index (χ2n) is 2.99. The molecule has 1 aromatic carbocycles. The SMILES string of the molecule is O=C(O)c1cn(-c2cc(Cl)ccc2O)nn1. The molecule has 6 nitrogen and oxygen atoms in total. The van der Waals surface area contributed by atoms with Gasteiger partial charge in [-0.15, -0.1) is 5.10 Å². The number of phenols is 1. The van der Waals surface area contributed by atoms with Crippen LogP contribution in [0.3, 0.4) is 0 Å². The topological polar surface area (TPSA) is 88.2 Å². The normalized spacial score (nSPS) is 10.3. The number of nitrogens with zero attached hydrogens (tertiary/aromatic N) is 3. The Labute approximate surface area is 94.7 Å². The number of carboxylic acid groups (broad SMARTS) is 1. The van der Waals surface area contributed by atoms with E-state index in [1.54, 1.807) is 0 Å². The molecule has 0 bridgehead atoms. The van der Waals surface area contributed by atoms with Gasteiger partial charge in [0, 0.05) is 5.02 Å². The Morgan fingerprint density at radius 3 is 2.81 bits per heavy atom. The molecule has 2 aromatic rings. The zero-order valence-electron chi connectivity index (χ0n) is 7.83. The molecule has 0 atom stereocenters. The van der Waals surface area contributed by atoms with Crippen molar-refractivity contribution >= 4 is 17.6 Å². The molecule has 0 fully saturated rings. The van der Waals surface area contributed by atoms with Crippen molar-refractivity contribution < 1.29 is 15.0 Å². The summed E-state index contributed by atoms with van der Waals surface area (Å²) >= 11 is 5.75. The van der Waals surface area contributed by atoms with Gasteiger partial charge in [-0.1, -0.05) is 16.8 Å². The highest BCUT2D eigenvalue weighted by atomic mass is 35.5. The first-order valence-electron chi connectivity index (χ1n) is 4.22. The molecule has 0 saturated carbocycles. The van der Waals surface area contributed by atoms with Crippen molar-refractivity contribution in [1.82, 2.24) is 15.0 Å². The summed E-state index contributed by atoms with van der Waals surface area (Å²) in [6.07, 6.45) is 1.19. The highest BCUT2D eigenvalue weighted by molar-refractivity contribution is 6.30. The molecule has 0 spiro atoms. The summed E-state index contributed by atoms with van der Waals surface area (Å²) in [5.41, 5.74) is 0.0619. The number of halogens is 1. The van der Waals surface area contributed by atoms with Crippen LogP contribution < -0.4 is 0 Å². The van der Waals surface area contributed by atoms with E-state index in [9.17, 15) is 9.90 Å². The number of phenolic OH excluding ortho intramolecular Hbond substituents is 1. The van der Waals surface area contributed by atoms with Crippen molar-refractivity contribution in [3.05, 3.63) is 35.1 Å². The van der Waals surface area contributed by atoms with E-state index in [0.717, 1.165) is 4.68 Å². The quantitative estimate of drug-likeness (QED) is 0.825. The Bertz CT molecular complexity index is 553. The summed E-state index contributed by atoms with van der Waals surface area (Å²) < 4.78 is 1.14. The van der Waals surface area contributed by atoms with E-state index >= 15 is 0 Å². The van der Waals surface area contributed by atoms with Crippen LogP contribution in [0.4, 0.5) is 0 Å². The Kier molecular flexibility index (Phi) is 2.49. The number of hydrogen-bond donors (Lipinski definition) is 2. The number of carbonyl (C=O) groups is 1. The molecule has 7 heteroatoms. The van der Waals surface area contributed by atoms with E-state index in [1.165, 1.54) is 24.4 Å². The fourth-order valence-electron chi connectivity index (χ4n) is 1.16. The smallest absolute Gasteiger partial charge is 0.358 e. The molecule has 1 aromatic heterocycles.